The van der Waals surface area contributed by atoms with Gasteiger partial charge in [0.05, 0.1) is 16.8 Å². The summed E-state index contributed by atoms with van der Waals surface area (Å²) in [5.41, 5.74) is 3.71. The van der Waals surface area contributed by atoms with E-state index < -0.39 is 6.10 Å². The van der Waals surface area contributed by atoms with Gasteiger partial charge >= 0.3 is 0 Å². The zero-order chi connectivity index (χ0) is 19.6. The number of nitrogens with two attached hydrogens (primary N) is 1. The second-order valence-corrected chi connectivity index (χ2v) is 7.39. The van der Waals surface area contributed by atoms with Crippen LogP contribution in [0.2, 0.25) is 10.0 Å². The van der Waals surface area contributed by atoms with E-state index in [4.69, 9.17) is 38.5 Å². The number of hydrogen-bond donors (Lipinski definition) is 3. The number of aromatic nitrogens is 1. The van der Waals surface area contributed by atoms with E-state index in [1.54, 1.807) is 37.3 Å². The molecule has 1 amide bonds. The molecule has 0 radical (unpaired) electrons. The Balaban J connectivity index is 1.78. The first-order valence-electron chi connectivity index (χ1n) is 7.79. The van der Waals surface area contributed by atoms with Crippen molar-refractivity contribution in [2.75, 3.05) is 17.9 Å². The van der Waals surface area contributed by atoms with Crippen LogP contribution in [0, 0.1) is 0 Å². The lowest BCUT2D eigenvalue weighted by molar-refractivity contribution is -0.122. The van der Waals surface area contributed by atoms with Gasteiger partial charge in [0.25, 0.3) is 5.91 Å². The molecule has 0 saturated heterocycles. The second kappa shape index (κ2) is 8.18. The fourth-order valence-corrected chi connectivity index (χ4v) is 3.63. The van der Waals surface area contributed by atoms with Gasteiger partial charge in [-0.3, -0.25) is 10.2 Å². The Morgan fingerprint density at radius 2 is 2.04 bits per heavy atom. The normalized spacial score (nSPS) is 11.9. The number of fused-ring (bicyclic) bond motifs is 1. The summed E-state index contributed by atoms with van der Waals surface area (Å²) in [7, 11) is 1.53. The summed E-state index contributed by atoms with van der Waals surface area (Å²) in [4.78, 5) is 16.8. The Morgan fingerprint density at radius 1 is 1.26 bits per heavy atom. The number of anilines is 2. The highest BCUT2D eigenvalue weighted by Crippen LogP contribution is 2.35. The Hall–Kier alpha value is -2.26. The molecule has 1 aromatic heterocycles. The number of benzene rings is 2. The van der Waals surface area contributed by atoms with E-state index >= 15 is 0 Å². The molecule has 0 aliphatic carbocycles. The second-order valence-electron chi connectivity index (χ2n) is 5.51. The van der Waals surface area contributed by atoms with E-state index in [-0.39, 0.29) is 5.91 Å². The van der Waals surface area contributed by atoms with Crippen LogP contribution in [-0.4, -0.2) is 24.1 Å². The highest BCUT2D eigenvalue weighted by atomic mass is 35.5. The highest BCUT2D eigenvalue weighted by molar-refractivity contribution is 7.22. The summed E-state index contributed by atoms with van der Waals surface area (Å²) in [6, 6.07) is 8.27. The molecule has 0 aliphatic heterocycles. The highest BCUT2D eigenvalue weighted by Gasteiger charge is 2.18. The van der Waals surface area contributed by atoms with Crippen LogP contribution < -0.4 is 26.1 Å². The minimum absolute atomic E-state index is 0.330. The quantitative estimate of drug-likeness (QED) is 0.401. The average molecular weight is 427 g/mol. The SMILES string of the molecule is COc1cc(NC(=O)C(C)Oc2ccc(Cl)cc2Cl)cc2sc(NN)nc12. The lowest BCUT2D eigenvalue weighted by atomic mass is 10.2. The molecule has 0 aliphatic rings. The molecular weight excluding hydrogens is 411 g/mol. The number of nitrogen functional groups attached to an aromatic ring is 1. The zero-order valence-electron chi connectivity index (χ0n) is 14.4. The molecule has 4 N–H and O–H groups in total. The molecule has 1 unspecified atom stereocenters. The van der Waals surface area contributed by atoms with Crippen LogP contribution in [0.15, 0.2) is 30.3 Å². The van der Waals surface area contributed by atoms with Gasteiger partial charge in [-0.05, 0) is 31.2 Å². The van der Waals surface area contributed by atoms with Crippen molar-refractivity contribution in [1.29, 1.82) is 0 Å². The van der Waals surface area contributed by atoms with Crippen molar-refractivity contribution in [1.82, 2.24) is 4.98 Å². The first-order chi connectivity index (χ1) is 12.9. The van der Waals surface area contributed by atoms with Crippen LogP contribution in [0.3, 0.4) is 0 Å². The van der Waals surface area contributed by atoms with Gasteiger partial charge < -0.3 is 14.8 Å². The maximum atomic E-state index is 12.5. The van der Waals surface area contributed by atoms with Crippen molar-refractivity contribution < 1.29 is 14.3 Å². The van der Waals surface area contributed by atoms with Gasteiger partial charge in [-0.25, -0.2) is 10.8 Å². The molecule has 2 aromatic carbocycles. The van der Waals surface area contributed by atoms with Crippen LogP contribution in [-0.2, 0) is 4.79 Å². The van der Waals surface area contributed by atoms with Crippen LogP contribution in [0.4, 0.5) is 10.8 Å². The van der Waals surface area contributed by atoms with E-state index in [0.717, 1.165) is 4.70 Å². The molecule has 0 saturated carbocycles. The zero-order valence-corrected chi connectivity index (χ0v) is 16.7. The van der Waals surface area contributed by atoms with Gasteiger partial charge in [0.15, 0.2) is 11.2 Å². The number of thiazole rings is 1. The van der Waals surface area contributed by atoms with Crippen molar-refractivity contribution in [3.05, 3.63) is 40.4 Å². The van der Waals surface area contributed by atoms with Crippen LogP contribution in [0.25, 0.3) is 10.2 Å². The smallest absolute Gasteiger partial charge is 0.265 e. The van der Waals surface area contributed by atoms with Crippen molar-refractivity contribution in [3.63, 3.8) is 0 Å². The number of carbonyl (C=O) groups is 1. The number of ether oxygens (including phenoxy) is 2. The predicted octanol–water partition coefficient (Wildman–Crippen LogP) is 4.30. The lowest BCUT2D eigenvalue weighted by Crippen LogP contribution is -2.30. The Bertz CT molecular complexity index is 996. The van der Waals surface area contributed by atoms with Gasteiger partial charge in [0, 0.05) is 16.8 Å². The molecule has 0 fully saturated rings. The summed E-state index contributed by atoms with van der Waals surface area (Å²) in [6.45, 7) is 1.62. The Labute approximate surface area is 169 Å². The van der Waals surface area contributed by atoms with Crippen molar-refractivity contribution in [3.8, 4) is 11.5 Å². The summed E-state index contributed by atoms with van der Waals surface area (Å²) in [5.74, 6) is 5.96. The first kappa shape index (κ1) is 19.5. The molecule has 7 nitrogen and oxygen atoms in total. The Morgan fingerprint density at radius 3 is 2.70 bits per heavy atom. The predicted molar refractivity (Wildman–Crippen MR) is 109 cm³/mol. The average Bonchev–Trinajstić information content (AvgIpc) is 3.06. The number of hydrogen-bond acceptors (Lipinski definition) is 7. The van der Waals surface area contributed by atoms with Crippen LogP contribution in [0.1, 0.15) is 6.92 Å². The fraction of sp³-hybridized carbons (Fsp3) is 0.176. The largest absolute Gasteiger partial charge is 0.494 e. The number of rotatable bonds is 6. The van der Waals surface area contributed by atoms with E-state index in [0.29, 0.717) is 37.9 Å². The molecule has 0 spiro atoms. The van der Waals surface area contributed by atoms with E-state index in [1.165, 1.54) is 18.4 Å². The third-order valence-corrected chi connectivity index (χ3v) is 5.10. The van der Waals surface area contributed by atoms with Gasteiger partial charge in [0.1, 0.15) is 17.0 Å². The van der Waals surface area contributed by atoms with Crippen molar-refractivity contribution in [2.24, 2.45) is 5.84 Å². The third-order valence-electron chi connectivity index (χ3n) is 3.64. The van der Waals surface area contributed by atoms with Crippen LogP contribution >= 0.6 is 34.5 Å². The first-order valence-corrected chi connectivity index (χ1v) is 9.36. The van der Waals surface area contributed by atoms with E-state index in [9.17, 15) is 4.79 Å². The number of carbonyl (C=O) groups excluding carboxylic acids is 1. The van der Waals surface area contributed by atoms with Crippen molar-refractivity contribution in [2.45, 2.75) is 13.0 Å². The summed E-state index contributed by atoms with van der Waals surface area (Å²) >= 11 is 13.3. The minimum Gasteiger partial charge on any atom is -0.494 e. The summed E-state index contributed by atoms with van der Waals surface area (Å²) in [6.07, 6.45) is -0.784. The molecule has 142 valence electrons. The number of nitrogens with zero attached hydrogens (tertiary/aromatic N) is 1. The van der Waals surface area contributed by atoms with Crippen molar-refractivity contribution >= 4 is 61.5 Å². The topological polar surface area (TPSA) is 98.5 Å². The molecule has 0 bridgehead atoms. The lowest BCUT2D eigenvalue weighted by Gasteiger charge is -2.16. The number of nitrogens with one attached hydrogen (secondary N) is 2. The molecule has 10 heteroatoms. The van der Waals surface area contributed by atoms with E-state index in [2.05, 4.69) is 15.7 Å². The van der Waals surface area contributed by atoms with Gasteiger partial charge in [-0.2, -0.15) is 0 Å². The van der Waals surface area contributed by atoms with Gasteiger partial charge in [-0.1, -0.05) is 34.5 Å². The summed E-state index contributed by atoms with van der Waals surface area (Å²) < 4.78 is 11.8. The standard InChI is InChI=1S/C17H16Cl2N4O3S/c1-8(26-12-4-3-9(18)5-11(12)19)16(24)21-10-6-13(25-2)15-14(7-10)27-17(22-15)23-20/h3-8H,20H2,1-2H3,(H,21,24)(H,22,23). The number of hydrazine groups is 1. The molecule has 1 heterocycles. The molecule has 27 heavy (non-hydrogen) atoms. The number of halogens is 2. The number of amides is 1. The molecule has 1 atom stereocenters. The Kier molecular flexibility index (Phi) is 5.91. The molecule has 3 rings (SSSR count). The monoisotopic (exact) mass is 426 g/mol. The maximum absolute atomic E-state index is 12.5. The summed E-state index contributed by atoms with van der Waals surface area (Å²) in [5, 5.41) is 4.16. The van der Waals surface area contributed by atoms with Gasteiger partial charge in [-0.15, -0.1) is 0 Å². The minimum atomic E-state index is -0.784. The molecule has 3 aromatic rings. The number of methoxy groups -OCH3 is 1. The molecular formula is C17H16Cl2N4O3S. The van der Waals surface area contributed by atoms with Gasteiger partial charge in [0.2, 0.25) is 0 Å². The van der Waals surface area contributed by atoms with E-state index in [1.807, 2.05) is 0 Å². The third kappa shape index (κ3) is 4.36. The fourth-order valence-electron chi connectivity index (χ4n) is 2.35. The maximum Gasteiger partial charge on any atom is 0.265 e. The van der Waals surface area contributed by atoms with Crippen LogP contribution in [0.5, 0.6) is 11.5 Å².